The molecule has 1 unspecified atom stereocenters. The Bertz CT molecular complexity index is 1070. The number of aliphatic carboxylic acids is 1. The van der Waals surface area contributed by atoms with E-state index in [1.807, 2.05) is 0 Å². The van der Waals surface area contributed by atoms with E-state index in [0.29, 0.717) is 16.7 Å². The van der Waals surface area contributed by atoms with Crippen molar-refractivity contribution in [2.45, 2.75) is 30.1 Å². The topological polar surface area (TPSA) is 92.7 Å². The summed E-state index contributed by atoms with van der Waals surface area (Å²) in [6.45, 7) is 2.72. The molecule has 0 saturated heterocycles. The molecule has 0 aromatic heterocycles. The van der Waals surface area contributed by atoms with Gasteiger partial charge in [0.2, 0.25) is 5.79 Å². The van der Waals surface area contributed by atoms with Gasteiger partial charge in [0.25, 0.3) is 0 Å². The zero-order valence-corrected chi connectivity index (χ0v) is 17.0. The van der Waals surface area contributed by atoms with Gasteiger partial charge in [0.05, 0.1) is 23.1 Å². The van der Waals surface area contributed by atoms with Gasteiger partial charge in [-0.05, 0) is 49.8 Å². The highest BCUT2D eigenvalue weighted by Gasteiger charge is 2.49. The van der Waals surface area contributed by atoms with Crippen LogP contribution in [0.2, 0.25) is 0 Å². The van der Waals surface area contributed by atoms with Crippen molar-refractivity contribution in [3.8, 4) is 0 Å². The Morgan fingerprint density at radius 2 is 1.83 bits per heavy atom. The van der Waals surface area contributed by atoms with Crippen LogP contribution in [-0.4, -0.2) is 32.9 Å². The predicted molar refractivity (Wildman–Crippen MR) is 102 cm³/mol. The van der Waals surface area contributed by atoms with Crippen LogP contribution in [0.25, 0.3) is 5.57 Å². The Kier molecular flexibility index (Phi) is 5.38. The van der Waals surface area contributed by atoms with Gasteiger partial charge in [-0.2, -0.15) is 0 Å². The first-order chi connectivity index (χ1) is 13.4. The van der Waals surface area contributed by atoms with Crippen LogP contribution in [0.3, 0.4) is 0 Å². The summed E-state index contributed by atoms with van der Waals surface area (Å²) >= 11 is 0. The summed E-state index contributed by atoms with van der Waals surface area (Å²) in [4.78, 5) is 11.2. The second-order valence-electron chi connectivity index (χ2n) is 7.35. The van der Waals surface area contributed by atoms with Gasteiger partial charge in [0, 0.05) is 17.4 Å². The number of carbonyl (C=O) groups is 1. The highest BCUT2D eigenvalue weighted by Crippen LogP contribution is 2.50. The molecule has 29 heavy (non-hydrogen) atoms. The largest absolute Gasteiger partial charge is 0.548 e. The Labute approximate surface area is 168 Å². The van der Waals surface area contributed by atoms with E-state index < -0.39 is 39.6 Å². The van der Waals surface area contributed by atoms with Crippen LogP contribution < -0.4 is 5.11 Å². The smallest absolute Gasteiger partial charge is 0.223 e. The molecule has 1 aliphatic rings. The Balaban J connectivity index is 2.19. The predicted octanol–water partition coefficient (Wildman–Crippen LogP) is 2.04. The molecule has 2 aromatic rings. The molecule has 1 heterocycles. The van der Waals surface area contributed by atoms with Gasteiger partial charge in [-0.15, -0.1) is 0 Å². The van der Waals surface area contributed by atoms with Gasteiger partial charge in [-0.3, -0.25) is 0 Å². The third-order valence-corrected chi connectivity index (χ3v) is 5.57. The third-order valence-electron chi connectivity index (χ3n) is 4.44. The fraction of sp³-hybridized carbons (Fsp3) is 0.286. The maximum absolute atomic E-state index is 13.9. The van der Waals surface area contributed by atoms with Crippen molar-refractivity contribution in [1.82, 2.24) is 0 Å². The lowest BCUT2D eigenvalue weighted by Crippen LogP contribution is -2.40. The molecule has 1 aliphatic heterocycles. The van der Waals surface area contributed by atoms with Crippen molar-refractivity contribution in [2.24, 2.45) is 0 Å². The number of carboxylic acid groups (broad SMARTS) is 1. The number of hydrogen-bond acceptors (Lipinski definition) is 6. The standard InChI is InChI=1S/C21H21FO6S/c1-20(2)12-18(14-5-4-6-16(22)11-14)21(28-20,27-13-19(23)24)15-7-9-17(10-8-15)29(3,25)26/h4-12H,13H2,1-3H3,(H,23,24)/p-1. The molecular formula is C21H20FO6S-. The van der Waals surface area contributed by atoms with Crippen molar-refractivity contribution < 1.29 is 32.2 Å². The Morgan fingerprint density at radius 3 is 2.38 bits per heavy atom. The van der Waals surface area contributed by atoms with E-state index in [1.165, 1.54) is 42.5 Å². The maximum atomic E-state index is 13.9. The number of carbonyl (C=O) groups excluding carboxylic acids is 1. The molecular weight excluding hydrogens is 399 g/mol. The monoisotopic (exact) mass is 419 g/mol. The van der Waals surface area contributed by atoms with Crippen LogP contribution >= 0.6 is 0 Å². The van der Waals surface area contributed by atoms with E-state index in [9.17, 15) is 22.7 Å². The molecule has 0 aliphatic carbocycles. The van der Waals surface area contributed by atoms with Crippen molar-refractivity contribution in [2.75, 3.05) is 12.9 Å². The van der Waals surface area contributed by atoms with Crippen molar-refractivity contribution in [1.29, 1.82) is 0 Å². The first-order valence-electron chi connectivity index (χ1n) is 8.77. The molecule has 0 saturated carbocycles. The van der Waals surface area contributed by atoms with Gasteiger partial charge >= 0.3 is 0 Å². The van der Waals surface area contributed by atoms with Crippen LogP contribution in [0, 0.1) is 5.82 Å². The van der Waals surface area contributed by atoms with Crippen molar-refractivity contribution in [3.05, 3.63) is 71.6 Å². The Morgan fingerprint density at radius 1 is 1.17 bits per heavy atom. The summed E-state index contributed by atoms with van der Waals surface area (Å²) in [5, 5.41) is 11.1. The second-order valence-corrected chi connectivity index (χ2v) is 9.36. The molecule has 0 amide bonds. The van der Waals surface area contributed by atoms with Gasteiger partial charge in [-0.1, -0.05) is 24.3 Å². The fourth-order valence-corrected chi connectivity index (χ4v) is 3.94. The third kappa shape index (κ3) is 4.39. The van der Waals surface area contributed by atoms with Gasteiger partial charge < -0.3 is 19.4 Å². The van der Waals surface area contributed by atoms with Crippen LogP contribution in [0.4, 0.5) is 4.39 Å². The summed E-state index contributed by atoms with van der Waals surface area (Å²) in [6, 6.07) is 11.5. The van der Waals surface area contributed by atoms with Crippen molar-refractivity contribution >= 4 is 21.4 Å². The maximum Gasteiger partial charge on any atom is 0.223 e. The minimum absolute atomic E-state index is 0.0878. The van der Waals surface area contributed by atoms with Crippen molar-refractivity contribution in [3.63, 3.8) is 0 Å². The minimum Gasteiger partial charge on any atom is -0.548 e. The van der Waals surface area contributed by atoms with Crippen LogP contribution in [0.1, 0.15) is 25.0 Å². The molecule has 0 radical (unpaired) electrons. The lowest BCUT2D eigenvalue weighted by atomic mass is 9.91. The van der Waals surface area contributed by atoms with Gasteiger partial charge in [-0.25, -0.2) is 12.8 Å². The summed E-state index contributed by atoms with van der Waals surface area (Å²) in [6.07, 6.45) is 2.80. The van der Waals surface area contributed by atoms with Crippen LogP contribution in [0.5, 0.6) is 0 Å². The number of sulfone groups is 1. The molecule has 2 aromatic carbocycles. The highest BCUT2D eigenvalue weighted by atomic mass is 32.2. The second kappa shape index (κ2) is 7.37. The normalized spacial score (nSPS) is 21.0. The van der Waals surface area contributed by atoms with E-state index in [0.717, 1.165) is 6.26 Å². The number of ether oxygens (including phenoxy) is 2. The molecule has 3 rings (SSSR count). The summed E-state index contributed by atoms with van der Waals surface area (Å²) in [5.74, 6) is -3.62. The molecule has 0 N–H and O–H groups in total. The van der Waals surface area contributed by atoms with E-state index in [2.05, 4.69) is 0 Å². The summed E-state index contributed by atoms with van der Waals surface area (Å²) in [7, 11) is -3.43. The van der Waals surface area contributed by atoms with E-state index in [4.69, 9.17) is 9.47 Å². The molecule has 0 spiro atoms. The Hall–Kier alpha value is -2.55. The fourth-order valence-electron chi connectivity index (χ4n) is 3.31. The molecule has 0 bridgehead atoms. The van der Waals surface area contributed by atoms with E-state index in [1.54, 1.807) is 26.0 Å². The molecule has 1 atom stereocenters. The zero-order chi connectivity index (χ0) is 21.4. The lowest BCUT2D eigenvalue weighted by molar-refractivity contribution is -0.320. The zero-order valence-electron chi connectivity index (χ0n) is 16.1. The highest BCUT2D eigenvalue weighted by molar-refractivity contribution is 7.90. The first-order valence-corrected chi connectivity index (χ1v) is 10.7. The summed E-state index contributed by atoms with van der Waals surface area (Å²) < 4.78 is 49.3. The number of hydrogen-bond donors (Lipinski definition) is 0. The minimum atomic E-state index is -3.43. The molecule has 6 nitrogen and oxygen atoms in total. The average Bonchev–Trinajstić information content (AvgIpc) is 2.91. The quantitative estimate of drug-likeness (QED) is 0.712. The van der Waals surface area contributed by atoms with E-state index >= 15 is 0 Å². The van der Waals surface area contributed by atoms with Gasteiger partial charge in [0.1, 0.15) is 5.82 Å². The number of benzene rings is 2. The van der Waals surface area contributed by atoms with Crippen LogP contribution in [0.15, 0.2) is 59.5 Å². The lowest BCUT2D eigenvalue weighted by Gasteiger charge is -2.35. The number of carboxylic acids is 1. The molecule has 0 fully saturated rings. The molecule has 8 heteroatoms. The average molecular weight is 419 g/mol. The SMILES string of the molecule is CC1(C)C=C(c2cccc(F)c2)C(OCC(=O)[O-])(c2ccc(S(C)(=O)=O)cc2)O1. The number of rotatable bonds is 6. The van der Waals surface area contributed by atoms with Crippen LogP contribution in [-0.2, 0) is 29.9 Å². The van der Waals surface area contributed by atoms with Gasteiger partial charge in [0.15, 0.2) is 9.84 Å². The van der Waals surface area contributed by atoms with E-state index in [-0.39, 0.29) is 4.90 Å². The molecule has 154 valence electrons. The first kappa shape index (κ1) is 21.2. The number of halogens is 1. The summed E-state index contributed by atoms with van der Waals surface area (Å²) in [5.41, 5.74) is 0.354.